The fourth-order valence-electron chi connectivity index (χ4n) is 3.67. The fraction of sp³-hybridized carbons (Fsp3) is 0.667. The van der Waals surface area contributed by atoms with Crippen LogP contribution in [0, 0.1) is 5.92 Å². The second-order valence-corrected chi connectivity index (χ2v) is 6.41. The summed E-state index contributed by atoms with van der Waals surface area (Å²) in [5.41, 5.74) is 2.11. The predicted molar refractivity (Wildman–Crippen MR) is 82.9 cm³/mol. The van der Waals surface area contributed by atoms with Crippen LogP contribution in [0.4, 0.5) is 0 Å². The molecule has 1 fully saturated rings. The molecule has 1 aliphatic heterocycles. The van der Waals surface area contributed by atoms with E-state index >= 15 is 0 Å². The lowest BCUT2D eigenvalue weighted by Crippen LogP contribution is -2.17. The van der Waals surface area contributed by atoms with Crippen LogP contribution in [0.3, 0.4) is 0 Å². The van der Waals surface area contributed by atoms with Gasteiger partial charge in [-0.2, -0.15) is 0 Å². The standard InChI is InChI=1S/C18H26O3/c1-3-20-17-10-14-9-12(2)21-16(14)11-15(17)18(19)13-7-5-4-6-8-13/h10-13,18-19H,3-9H2,1-2H3. The molecule has 1 N–H and O–H groups in total. The number of rotatable bonds is 4. The zero-order valence-corrected chi connectivity index (χ0v) is 13.1. The van der Waals surface area contributed by atoms with Crippen LogP contribution in [0.5, 0.6) is 11.5 Å². The van der Waals surface area contributed by atoms with Crippen molar-refractivity contribution in [2.75, 3.05) is 6.61 Å². The molecule has 1 aliphatic carbocycles. The molecular formula is C18H26O3. The minimum atomic E-state index is -0.434. The first-order valence-electron chi connectivity index (χ1n) is 8.33. The van der Waals surface area contributed by atoms with Gasteiger partial charge in [0.2, 0.25) is 0 Å². The van der Waals surface area contributed by atoms with Gasteiger partial charge >= 0.3 is 0 Å². The van der Waals surface area contributed by atoms with Crippen molar-refractivity contribution >= 4 is 0 Å². The van der Waals surface area contributed by atoms with E-state index in [1.54, 1.807) is 0 Å². The van der Waals surface area contributed by atoms with Crippen LogP contribution in [0.1, 0.15) is 63.2 Å². The first-order chi connectivity index (χ1) is 10.2. The van der Waals surface area contributed by atoms with Gasteiger partial charge in [-0.05, 0) is 44.7 Å². The molecule has 1 aromatic rings. The zero-order valence-electron chi connectivity index (χ0n) is 13.1. The minimum absolute atomic E-state index is 0.219. The van der Waals surface area contributed by atoms with E-state index in [1.807, 2.05) is 13.0 Å². The summed E-state index contributed by atoms with van der Waals surface area (Å²) in [4.78, 5) is 0. The van der Waals surface area contributed by atoms with Crippen molar-refractivity contribution in [3.63, 3.8) is 0 Å². The summed E-state index contributed by atoms with van der Waals surface area (Å²) in [6.07, 6.45) is 6.69. The van der Waals surface area contributed by atoms with Gasteiger partial charge < -0.3 is 14.6 Å². The van der Waals surface area contributed by atoms with E-state index < -0.39 is 6.10 Å². The molecule has 0 bridgehead atoms. The Labute approximate surface area is 127 Å². The number of hydrogen-bond donors (Lipinski definition) is 1. The molecule has 116 valence electrons. The highest BCUT2D eigenvalue weighted by molar-refractivity contribution is 5.49. The lowest BCUT2D eigenvalue weighted by atomic mass is 9.82. The number of aliphatic hydroxyl groups excluding tert-OH is 1. The Balaban J connectivity index is 1.90. The van der Waals surface area contributed by atoms with Crippen molar-refractivity contribution in [1.29, 1.82) is 0 Å². The summed E-state index contributed by atoms with van der Waals surface area (Å²) >= 11 is 0. The summed E-state index contributed by atoms with van der Waals surface area (Å²) < 4.78 is 11.6. The van der Waals surface area contributed by atoms with Crippen LogP contribution in [-0.2, 0) is 6.42 Å². The topological polar surface area (TPSA) is 38.7 Å². The van der Waals surface area contributed by atoms with Crippen LogP contribution >= 0.6 is 0 Å². The normalized spacial score (nSPS) is 23.5. The number of aliphatic hydroxyl groups is 1. The summed E-state index contributed by atoms with van der Waals surface area (Å²) in [6, 6.07) is 4.09. The fourth-order valence-corrected chi connectivity index (χ4v) is 3.67. The van der Waals surface area contributed by atoms with Gasteiger partial charge in [0, 0.05) is 17.5 Å². The molecule has 0 saturated heterocycles. The lowest BCUT2D eigenvalue weighted by Gasteiger charge is -2.28. The average Bonchev–Trinajstić information content (AvgIpc) is 2.86. The van der Waals surface area contributed by atoms with Gasteiger partial charge in [-0.3, -0.25) is 0 Å². The maximum Gasteiger partial charge on any atom is 0.125 e. The Morgan fingerprint density at radius 2 is 2.05 bits per heavy atom. The monoisotopic (exact) mass is 290 g/mol. The van der Waals surface area contributed by atoms with Gasteiger partial charge in [-0.25, -0.2) is 0 Å². The van der Waals surface area contributed by atoms with E-state index in [1.165, 1.54) is 24.8 Å². The van der Waals surface area contributed by atoms with Crippen LogP contribution < -0.4 is 9.47 Å². The molecule has 0 radical (unpaired) electrons. The van der Waals surface area contributed by atoms with Crippen molar-refractivity contribution in [3.05, 3.63) is 23.3 Å². The van der Waals surface area contributed by atoms with Gasteiger partial charge in [-0.15, -0.1) is 0 Å². The highest BCUT2D eigenvalue weighted by atomic mass is 16.5. The van der Waals surface area contributed by atoms with Crippen LogP contribution in [-0.4, -0.2) is 17.8 Å². The molecule has 0 amide bonds. The number of fused-ring (bicyclic) bond motifs is 1. The van der Waals surface area contributed by atoms with E-state index in [-0.39, 0.29) is 6.10 Å². The Hall–Kier alpha value is -1.22. The van der Waals surface area contributed by atoms with Gasteiger partial charge in [0.15, 0.2) is 0 Å². The zero-order chi connectivity index (χ0) is 14.8. The maximum absolute atomic E-state index is 10.8. The van der Waals surface area contributed by atoms with Crippen molar-refractivity contribution < 1.29 is 14.6 Å². The summed E-state index contributed by atoms with van der Waals surface area (Å²) in [5.74, 6) is 2.12. The van der Waals surface area contributed by atoms with Crippen molar-refractivity contribution in [3.8, 4) is 11.5 Å². The largest absolute Gasteiger partial charge is 0.493 e. The van der Waals surface area contributed by atoms with E-state index in [2.05, 4.69) is 13.0 Å². The van der Waals surface area contributed by atoms with Crippen molar-refractivity contribution in [2.45, 2.75) is 64.6 Å². The van der Waals surface area contributed by atoms with E-state index in [0.29, 0.717) is 12.5 Å². The Bertz CT molecular complexity index is 491. The number of benzene rings is 1. The van der Waals surface area contributed by atoms with Gasteiger partial charge in [-0.1, -0.05) is 19.3 Å². The summed E-state index contributed by atoms with van der Waals surface area (Å²) in [6.45, 7) is 4.69. The van der Waals surface area contributed by atoms with Crippen LogP contribution in [0.15, 0.2) is 12.1 Å². The molecule has 2 unspecified atom stereocenters. The molecule has 21 heavy (non-hydrogen) atoms. The van der Waals surface area contributed by atoms with Crippen LogP contribution in [0.2, 0.25) is 0 Å². The highest BCUT2D eigenvalue weighted by Crippen LogP contribution is 2.42. The Morgan fingerprint density at radius 1 is 1.29 bits per heavy atom. The van der Waals surface area contributed by atoms with Gasteiger partial charge in [0.05, 0.1) is 12.7 Å². The average molecular weight is 290 g/mol. The molecule has 1 aromatic carbocycles. The molecule has 3 nitrogen and oxygen atoms in total. The summed E-state index contributed by atoms with van der Waals surface area (Å²) in [5, 5.41) is 10.8. The second-order valence-electron chi connectivity index (χ2n) is 6.41. The smallest absolute Gasteiger partial charge is 0.125 e. The van der Waals surface area contributed by atoms with Crippen molar-refractivity contribution in [2.24, 2.45) is 5.92 Å². The molecule has 1 heterocycles. The highest BCUT2D eigenvalue weighted by Gasteiger charge is 2.29. The lowest BCUT2D eigenvalue weighted by molar-refractivity contribution is 0.0816. The predicted octanol–water partition coefficient (Wildman–Crippen LogP) is 4.02. The second kappa shape index (κ2) is 6.27. The van der Waals surface area contributed by atoms with E-state index in [9.17, 15) is 5.11 Å². The first-order valence-corrected chi connectivity index (χ1v) is 8.33. The van der Waals surface area contributed by atoms with Crippen LogP contribution in [0.25, 0.3) is 0 Å². The number of hydrogen-bond acceptors (Lipinski definition) is 3. The SMILES string of the molecule is CCOc1cc2c(cc1C(O)C1CCCCC1)OC(C)C2. The summed E-state index contributed by atoms with van der Waals surface area (Å²) in [7, 11) is 0. The molecule has 2 atom stereocenters. The molecule has 0 spiro atoms. The molecule has 0 aromatic heterocycles. The minimum Gasteiger partial charge on any atom is -0.493 e. The molecule has 3 heteroatoms. The quantitative estimate of drug-likeness (QED) is 0.910. The first kappa shape index (κ1) is 14.7. The van der Waals surface area contributed by atoms with Gasteiger partial charge in [0.1, 0.15) is 17.6 Å². The van der Waals surface area contributed by atoms with Gasteiger partial charge in [0.25, 0.3) is 0 Å². The number of ether oxygens (including phenoxy) is 2. The molecular weight excluding hydrogens is 264 g/mol. The van der Waals surface area contributed by atoms with E-state index in [4.69, 9.17) is 9.47 Å². The third kappa shape index (κ3) is 3.03. The van der Waals surface area contributed by atoms with E-state index in [0.717, 1.165) is 36.3 Å². The molecule has 3 rings (SSSR count). The van der Waals surface area contributed by atoms with Crippen molar-refractivity contribution in [1.82, 2.24) is 0 Å². The maximum atomic E-state index is 10.8. The third-order valence-corrected chi connectivity index (χ3v) is 4.74. The molecule has 2 aliphatic rings. The third-order valence-electron chi connectivity index (χ3n) is 4.74. The molecule has 1 saturated carbocycles. The Morgan fingerprint density at radius 3 is 2.76 bits per heavy atom. The Kier molecular flexibility index (Phi) is 4.39.